The molecule has 7 heteroatoms. The maximum Gasteiger partial charge on any atom is 0.278 e. The Labute approximate surface area is 149 Å². The van der Waals surface area contributed by atoms with Crippen molar-refractivity contribution >= 4 is 28.1 Å². The van der Waals surface area contributed by atoms with E-state index in [2.05, 4.69) is 29.5 Å². The Balaban J connectivity index is 1.77. The number of nitrogens with zero attached hydrogens (tertiary/aromatic N) is 3. The molecule has 0 saturated heterocycles. The Morgan fingerprint density at radius 1 is 1.24 bits per heavy atom. The number of carbonyl (C=O) groups is 1. The van der Waals surface area contributed by atoms with E-state index in [1.807, 2.05) is 17.5 Å². The number of thiophene rings is 1. The first-order chi connectivity index (χ1) is 12.0. The van der Waals surface area contributed by atoms with Gasteiger partial charge >= 0.3 is 0 Å². The van der Waals surface area contributed by atoms with Crippen LogP contribution in [0.2, 0.25) is 0 Å². The standard InChI is InChI=1S/C18H20N4O2S/c1-12(2)10-15(16-8-5-9-25-16)19-17(23)11-22-18(24)13-6-3-4-7-14(13)20-21-22/h3-9,12,15H,10-11H2,1-2H3,(H,19,23). The summed E-state index contributed by atoms with van der Waals surface area (Å²) >= 11 is 1.62. The molecule has 3 aromatic rings. The normalized spacial score (nSPS) is 12.4. The van der Waals surface area contributed by atoms with Gasteiger partial charge in [0.1, 0.15) is 12.1 Å². The van der Waals surface area contributed by atoms with Crippen molar-refractivity contribution in [1.29, 1.82) is 0 Å². The van der Waals surface area contributed by atoms with Crippen LogP contribution in [-0.4, -0.2) is 20.9 Å². The fraction of sp³-hybridized carbons (Fsp3) is 0.333. The van der Waals surface area contributed by atoms with Crippen molar-refractivity contribution in [3.63, 3.8) is 0 Å². The molecule has 0 spiro atoms. The van der Waals surface area contributed by atoms with Gasteiger partial charge in [0.25, 0.3) is 5.56 Å². The molecule has 2 heterocycles. The van der Waals surface area contributed by atoms with E-state index in [4.69, 9.17) is 0 Å². The summed E-state index contributed by atoms with van der Waals surface area (Å²) in [5, 5.41) is 13.4. The van der Waals surface area contributed by atoms with Gasteiger partial charge in [-0.1, -0.05) is 37.3 Å². The number of aromatic nitrogens is 3. The Morgan fingerprint density at radius 2 is 2.04 bits per heavy atom. The molecule has 0 bridgehead atoms. The minimum Gasteiger partial charge on any atom is -0.347 e. The first-order valence-electron chi connectivity index (χ1n) is 8.20. The largest absolute Gasteiger partial charge is 0.347 e. The topological polar surface area (TPSA) is 76.9 Å². The molecule has 6 nitrogen and oxygen atoms in total. The van der Waals surface area contributed by atoms with E-state index < -0.39 is 0 Å². The van der Waals surface area contributed by atoms with Gasteiger partial charge in [0.05, 0.1) is 11.4 Å². The van der Waals surface area contributed by atoms with E-state index in [0.29, 0.717) is 16.8 Å². The summed E-state index contributed by atoms with van der Waals surface area (Å²) in [5.41, 5.74) is 0.220. The number of nitrogens with one attached hydrogen (secondary N) is 1. The van der Waals surface area contributed by atoms with E-state index in [9.17, 15) is 9.59 Å². The van der Waals surface area contributed by atoms with Crippen LogP contribution >= 0.6 is 11.3 Å². The molecule has 1 unspecified atom stereocenters. The van der Waals surface area contributed by atoms with Gasteiger partial charge in [0.15, 0.2) is 0 Å². The molecule has 0 aliphatic carbocycles. The number of benzene rings is 1. The number of hydrogen-bond acceptors (Lipinski definition) is 5. The number of carbonyl (C=O) groups excluding carboxylic acids is 1. The van der Waals surface area contributed by atoms with Crippen molar-refractivity contribution in [2.24, 2.45) is 5.92 Å². The molecule has 25 heavy (non-hydrogen) atoms. The van der Waals surface area contributed by atoms with Gasteiger partial charge in [-0.15, -0.1) is 16.4 Å². The van der Waals surface area contributed by atoms with Gasteiger partial charge in [-0.2, -0.15) is 0 Å². The van der Waals surface area contributed by atoms with Gasteiger partial charge in [0.2, 0.25) is 5.91 Å². The van der Waals surface area contributed by atoms with Crippen LogP contribution in [0.1, 0.15) is 31.2 Å². The average molecular weight is 356 g/mol. The molecule has 2 aromatic heterocycles. The monoisotopic (exact) mass is 356 g/mol. The lowest BCUT2D eigenvalue weighted by atomic mass is 10.0. The summed E-state index contributed by atoms with van der Waals surface area (Å²) in [7, 11) is 0. The summed E-state index contributed by atoms with van der Waals surface area (Å²) in [6, 6.07) is 10.9. The number of hydrogen-bond donors (Lipinski definition) is 1. The summed E-state index contributed by atoms with van der Waals surface area (Å²) in [6.07, 6.45) is 0.838. The predicted molar refractivity (Wildman–Crippen MR) is 98.5 cm³/mol. The van der Waals surface area contributed by atoms with Crippen molar-refractivity contribution in [2.75, 3.05) is 0 Å². The van der Waals surface area contributed by atoms with Crippen molar-refractivity contribution in [3.8, 4) is 0 Å². The molecule has 0 fully saturated rings. The molecule has 1 amide bonds. The number of fused-ring (bicyclic) bond motifs is 1. The van der Waals surface area contributed by atoms with Gasteiger partial charge in [-0.3, -0.25) is 9.59 Å². The fourth-order valence-corrected chi connectivity index (χ4v) is 3.50. The Kier molecular flexibility index (Phi) is 5.23. The molecule has 3 rings (SSSR count). The van der Waals surface area contributed by atoms with Crippen LogP contribution in [0.3, 0.4) is 0 Å². The van der Waals surface area contributed by atoms with Crippen LogP contribution in [0.5, 0.6) is 0 Å². The van der Waals surface area contributed by atoms with Gasteiger partial charge in [-0.05, 0) is 35.9 Å². The zero-order chi connectivity index (χ0) is 17.8. The van der Waals surface area contributed by atoms with Gasteiger partial charge < -0.3 is 5.32 Å². The van der Waals surface area contributed by atoms with Crippen molar-refractivity contribution in [3.05, 3.63) is 57.0 Å². The van der Waals surface area contributed by atoms with E-state index in [-0.39, 0.29) is 24.1 Å². The lowest BCUT2D eigenvalue weighted by Gasteiger charge is -2.19. The van der Waals surface area contributed by atoms with Crippen LogP contribution < -0.4 is 10.9 Å². The molecule has 130 valence electrons. The lowest BCUT2D eigenvalue weighted by Crippen LogP contribution is -2.36. The van der Waals surface area contributed by atoms with Crippen LogP contribution in [0.4, 0.5) is 0 Å². The Morgan fingerprint density at radius 3 is 2.76 bits per heavy atom. The highest BCUT2D eigenvalue weighted by atomic mass is 32.1. The second-order valence-corrected chi connectivity index (χ2v) is 7.31. The minimum absolute atomic E-state index is 0.0587. The van der Waals surface area contributed by atoms with Crippen molar-refractivity contribution < 1.29 is 4.79 Å². The fourth-order valence-electron chi connectivity index (χ4n) is 2.71. The van der Waals surface area contributed by atoms with Crippen LogP contribution in [0.15, 0.2) is 46.6 Å². The third kappa shape index (κ3) is 4.11. The molecular weight excluding hydrogens is 336 g/mol. The first-order valence-corrected chi connectivity index (χ1v) is 9.08. The molecule has 1 aromatic carbocycles. The van der Waals surface area contributed by atoms with E-state index in [0.717, 1.165) is 16.0 Å². The summed E-state index contributed by atoms with van der Waals surface area (Å²) in [4.78, 5) is 26.0. The maximum absolute atomic E-state index is 12.5. The second-order valence-electron chi connectivity index (χ2n) is 6.33. The van der Waals surface area contributed by atoms with E-state index >= 15 is 0 Å². The second kappa shape index (κ2) is 7.57. The molecule has 0 saturated carbocycles. The highest BCUT2D eigenvalue weighted by molar-refractivity contribution is 7.10. The summed E-state index contributed by atoms with van der Waals surface area (Å²) in [5.74, 6) is 0.196. The maximum atomic E-state index is 12.5. The minimum atomic E-state index is -0.308. The Hall–Kier alpha value is -2.54. The SMILES string of the molecule is CC(C)CC(NC(=O)Cn1nnc2ccccc2c1=O)c1cccs1. The smallest absolute Gasteiger partial charge is 0.278 e. The van der Waals surface area contributed by atoms with Crippen LogP contribution in [-0.2, 0) is 11.3 Å². The molecule has 0 aliphatic heterocycles. The van der Waals surface area contributed by atoms with Crippen LogP contribution in [0, 0.1) is 5.92 Å². The number of amides is 1. The van der Waals surface area contributed by atoms with Gasteiger partial charge in [0, 0.05) is 4.88 Å². The van der Waals surface area contributed by atoms with Crippen molar-refractivity contribution in [1.82, 2.24) is 20.3 Å². The van der Waals surface area contributed by atoms with Gasteiger partial charge in [-0.25, -0.2) is 4.68 Å². The summed E-state index contributed by atoms with van der Waals surface area (Å²) in [6.45, 7) is 4.09. The highest BCUT2D eigenvalue weighted by Crippen LogP contribution is 2.25. The molecule has 1 N–H and O–H groups in total. The molecule has 1 atom stereocenters. The van der Waals surface area contributed by atoms with Crippen molar-refractivity contribution in [2.45, 2.75) is 32.9 Å². The summed E-state index contributed by atoms with van der Waals surface area (Å²) < 4.78 is 1.11. The first kappa shape index (κ1) is 17.3. The molecule has 0 aliphatic rings. The number of rotatable bonds is 6. The average Bonchev–Trinajstić information content (AvgIpc) is 3.11. The van der Waals surface area contributed by atoms with E-state index in [1.165, 1.54) is 0 Å². The Bertz CT molecular complexity index is 918. The quantitative estimate of drug-likeness (QED) is 0.737. The van der Waals surface area contributed by atoms with E-state index in [1.54, 1.807) is 35.6 Å². The zero-order valence-electron chi connectivity index (χ0n) is 14.2. The predicted octanol–water partition coefficient (Wildman–Crippen LogP) is 2.76. The third-order valence-electron chi connectivity index (χ3n) is 3.85. The highest BCUT2D eigenvalue weighted by Gasteiger charge is 2.18. The van der Waals surface area contributed by atoms with Crippen LogP contribution in [0.25, 0.3) is 10.9 Å². The molecule has 0 radical (unpaired) electrons. The lowest BCUT2D eigenvalue weighted by molar-refractivity contribution is -0.122. The molecular formula is C18H20N4O2S. The third-order valence-corrected chi connectivity index (χ3v) is 4.84. The zero-order valence-corrected chi connectivity index (χ0v) is 15.0.